The van der Waals surface area contributed by atoms with Gasteiger partial charge in [0.15, 0.2) is 5.11 Å². The molecule has 0 fully saturated rings. The van der Waals surface area contributed by atoms with Crippen molar-refractivity contribution in [3.05, 3.63) is 53.5 Å². The molecule has 1 aromatic heterocycles. The smallest absolute Gasteiger partial charge is 0.170 e. The van der Waals surface area contributed by atoms with Crippen molar-refractivity contribution in [3.8, 4) is 0 Å². The molecule has 0 amide bonds. The molecule has 1 heterocycles. The molecule has 3 nitrogen and oxygen atoms in total. The molecule has 0 atom stereocenters. The van der Waals surface area contributed by atoms with Gasteiger partial charge in [-0.3, -0.25) is 0 Å². The third-order valence-corrected chi connectivity index (χ3v) is 3.12. The summed E-state index contributed by atoms with van der Waals surface area (Å²) in [7, 11) is 0. The number of hydrogen-bond acceptors (Lipinski definition) is 2. The van der Waals surface area contributed by atoms with E-state index in [0.29, 0.717) is 5.11 Å². The van der Waals surface area contributed by atoms with Gasteiger partial charge < -0.3 is 15.1 Å². The average Bonchev–Trinajstić information content (AvgIpc) is 2.87. The molecule has 0 saturated heterocycles. The highest BCUT2D eigenvalue weighted by atomic mass is 32.1. The topological polar surface area (TPSA) is 37.2 Å². The summed E-state index contributed by atoms with van der Waals surface area (Å²) in [4.78, 5) is 0. The quantitative estimate of drug-likeness (QED) is 0.838. The Hall–Kier alpha value is -1.81. The fourth-order valence-electron chi connectivity index (χ4n) is 1.79. The van der Waals surface area contributed by atoms with Gasteiger partial charge in [0.05, 0.1) is 6.26 Å². The summed E-state index contributed by atoms with van der Waals surface area (Å²) in [6.07, 6.45) is 2.50. The van der Waals surface area contributed by atoms with Crippen molar-refractivity contribution in [2.45, 2.75) is 20.3 Å². The highest BCUT2D eigenvalue weighted by Crippen LogP contribution is 2.16. The lowest BCUT2D eigenvalue weighted by Crippen LogP contribution is -2.30. The summed E-state index contributed by atoms with van der Waals surface area (Å²) in [5.41, 5.74) is 3.45. The van der Waals surface area contributed by atoms with E-state index < -0.39 is 0 Å². The van der Waals surface area contributed by atoms with Gasteiger partial charge in [-0.15, -0.1) is 0 Å². The monoisotopic (exact) mass is 274 g/mol. The second-order valence-corrected chi connectivity index (χ2v) is 4.94. The summed E-state index contributed by atoms with van der Waals surface area (Å²) in [5.74, 6) is 0.960. The number of rotatable bonds is 4. The predicted octanol–water partition coefficient (Wildman–Crippen LogP) is 3.43. The summed E-state index contributed by atoms with van der Waals surface area (Å²) < 4.78 is 5.26. The minimum Gasteiger partial charge on any atom is -0.469 e. The molecule has 0 bridgehead atoms. The first kappa shape index (κ1) is 13.6. The maximum Gasteiger partial charge on any atom is 0.170 e. The van der Waals surface area contributed by atoms with Gasteiger partial charge in [-0.2, -0.15) is 0 Å². The SMILES string of the molecule is Cc1ccc(C)c(NC(=S)NCCc2ccco2)c1. The maximum absolute atomic E-state index is 5.28. The zero-order valence-corrected chi connectivity index (χ0v) is 12.0. The van der Waals surface area contributed by atoms with Crippen molar-refractivity contribution in [1.29, 1.82) is 0 Å². The van der Waals surface area contributed by atoms with Crippen LogP contribution in [0.2, 0.25) is 0 Å². The van der Waals surface area contributed by atoms with E-state index in [2.05, 4.69) is 42.7 Å². The lowest BCUT2D eigenvalue weighted by atomic mass is 10.1. The van der Waals surface area contributed by atoms with Crippen molar-refractivity contribution >= 4 is 23.0 Å². The fourth-order valence-corrected chi connectivity index (χ4v) is 2.00. The Morgan fingerprint density at radius 1 is 1.26 bits per heavy atom. The molecule has 1 aromatic carbocycles. The summed E-state index contributed by atoms with van der Waals surface area (Å²) >= 11 is 5.28. The van der Waals surface area contributed by atoms with Crippen LogP contribution in [0.4, 0.5) is 5.69 Å². The van der Waals surface area contributed by atoms with Gasteiger partial charge in [0.1, 0.15) is 5.76 Å². The molecule has 100 valence electrons. The Labute approximate surface area is 119 Å². The van der Waals surface area contributed by atoms with Gasteiger partial charge in [0.25, 0.3) is 0 Å². The largest absolute Gasteiger partial charge is 0.469 e. The number of thiocarbonyl (C=S) groups is 1. The van der Waals surface area contributed by atoms with E-state index in [9.17, 15) is 0 Å². The molecule has 2 rings (SSSR count). The lowest BCUT2D eigenvalue weighted by Gasteiger charge is -2.12. The number of hydrogen-bond donors (Lipinski definition) is 2. The van der Waals surface area contributed by atoms with Crippen LogP contribution in [-0.2, 0) is 6.42 Å². The van der Waals surface area contributed by atoms with Crippen molar-refractivity contribution in [2.75, 3.05) is 11.9 Å². The van der Waals surface area contributed by atoms with Gasteiger partial charge in [-0.25, -0.2) is 0 Å². The third-order valence-electron chi connectivity index (χ3n) is 2.88. The van der Waals surface area contributed by atoms with E-state index in [1.165, 1.54) is 11.1 Å². The Morgan fingerprint density at radius 2 is 2.11 bits per heavy atom. The normalized spacial score (nSPS) is 10.2. The fraction of sp³-hybridized carbons (Fsp3) is 0.267. The van der Waals surface area contributed by atoms with Gasteiger partial charge in [-0.05, 0) is 55.4 Å². The molecular formula is C15H18N2OS. The van der Waals surface area contributed by atoms with Crippen LogP contribution in [0.3, 0.4) is 0 Å². The summed E-state index contributed by atoms with van der Waals surface area (Å²) in [5, 5.41) is 7.04. The average molecular weight is 274 g/mol. The second-order valence-electron chi connectivity index (χ2n) is 4.53. The van der Waals surface area contributed by atoms with Crippen LogP contribution in [0.25, 0.3) is 0 Å². The highest BCUT2D eigenvalue weighted by Gasteiger charge is 2.02. The van der Waals surface area contributed by atoms with Crippen LogP contribution in [0.5, 0.6) is 0 Å². The molecule has 19 heavy (non-hydrogen) atoms. The van der Waals surface area contributed by atoms with E-state index in [1.807, 2.05) is 12.1 Å². The summed E-state index contributed by atoms with van der Waals surface area (Å²) in [6.45, 7) is 4.88. The number of aryl methyl sites for hydroxylation is 2. The van der Waals surface area contributed by atoms with E-state index in [0.717, 1.165) is 24.4 Å². The molecule has 0 saturated carbocycles. The standard InChI is InChI=1S/C15H18N2OS/c1-11-5-6-12(2)14(10-11)17-15(19)16-8-7-13-4-3-9-18-13/h3-6,9-10H,7-8H2,1-2H3,(H2,16,17,19). The Kier molecular flexibility index (Phi) is 4.58. The molecule has 4 heteroatoms. The molecule has 2 N–H and O–H groups in total. The van der Waals surface area contributed by atoms with Crippen LogP contribution < -0.4 is 10.6 Å². The number of furan rings is 1. The number of benzene rings is 1. The van der Waals surface area contributed by atoms with Gasteiger partial charge in [-0.1, -0.05) is 12.1 Å². The first-order chi connectivity index (χ1) is 9.15. The minimum absolute atomic E-state index is 0.639. The first-order valence-electron chi connectivity index (χ1n) is 6.29. The summed E-state index contributed by atoms with van der Waals surface area (Å²) in [6, 6.07) is 10.1. The zero-order valence-electron chi connectivity index (χ0n) is 11.2. The van der Waals surface area contributed by atoms with E-state index in [1.54, 1.807) is 6.26 Å². The Balaban J connectivity index is 1.82. The Bertz CT molecular complexity index is 549. The van der Waals surface area contributed by atoms with Crippen LogP contribution in [-0.4, -0.2) is 11.7 Å². The van der Waals surface area contributed by atoms with Gasteiger partial charge >= 0.3 is 0 Å². The molecule has 0 spiro atoms. The zero-order chi connectivity index (χ0) is 13.7. The van der Waals surface area contributed by atoms with Crippen molar-refractivity contribution in [2.24, 2.45) is 0 Å². The maximum atomic E-state index is 5.28. The molecule has 0 unspecified atom stereocenters. The molecule has 0 aliphatic heterocycles. The molecule has 0 aliphatic rings. The number of anilines is 1. The van der Waals surface area contributed by atoms with Gasteiger partial charge in [0, 0.05) is 18.7 Å². The first-order valence-corrected chi connectivity index (χ1v) is 6.70. The van der Waals surface area contributed by atoms with Crippen LogP contribution in [0, 0.1) is 13.8 Å². The minimum atomic E-state index is 0.639. The van der Waals surface area contributed by atoms with Crippen molar-refractivity contribution in [3.63, 3.8) is 0 Å². The lowest BCUT2D eigenvalue weighted by molar-refractivity contribution is 0.507. The van der Waals surface area contributed by atoms with Gasteiger partial charge in [0.2, 0.25) is 0 Å². The van der Waals surface area contributed by atoms with Crippen molar-refractivity contribution < 1.29 is 4.42 Å². The third kappa shape index (κ3) is 4.10. The Morgan fingerprint density at radius 3 is 2.84 bits per heavy atom. The van der Waals surface area contributed by atoms with Crippen LogP contribution in [0.15, 0.2) is 41.0 Å². The molecular weight excluding hydrogens is 256 g/mol. The molecule has 0 radical (unpaired) electrons. The van der Waals surface area contributed by atoms with E-state index >= 15 is 0 Å². The highest BCUT2D eigenvalue weighted by molar-refractivity contribution is 7.80. The van der Waals surface area contributed by atoms with Crippen LogP contribution >= 0.6 is 12.2 Å². The molecule has 0 aliphatic carbocycles. The van der Waals surface area contributed by atoms with Crippen molar-refractivity contribution in [1.82, 2.24) is 5.32 Å². The second kappa shape index (κ2) is 6.38. The predicted molar refractivity (Wildman–Crippen MR) is 82.6 cm³/mol. The van der Waals surface area contributed by atoms with E-state index in [-0.39, 0.29) is 0 Å². The number of nitrogens with one attached hydrogen (secondary N) is 2. The molecule has 2 aromatic rings. The van der Waals surface area contributed by atoms with Crippen LogP contribution in [0.1, 0.15) is 16.9 Å². The van der Waals surface area contributed by atoms with E-state index in [4.69, 9.17) is 16.6 Å².